The normalized spacial score (nSPS) is 10.8. The van der Waals surface area contributed by atoms with Gasteiger partial charge >= 0.3 is 0 Å². The van der Waals surface area contributed by atoms with Gasteiger partial charge in [0.2, 0.25) is 5.91 Å². The number of hydrogen-bond donors (Lipinski definition) is 2. The zero-order valence-electron chi connectivity index (χ0n) is 12.0. The highest BCUT2D eigenvalue weighted by Crippen LogP contribution is 2.06. The molecule has 0 bridgehead atoms. The smallest absolute Gasteiger partial charge is 0.244 e. The second kappa shape index (κ2) is 7.41. The minimum absolute atomic E-state index is 0.0337. The van der Waals surface area contributed by atoms with Crippen LogP contribution in [0.2, 0.25) is 0 Å². The molecule has 0 fully saturated rings. The van der Waals surface area contributed by atoms with E-state index in [9.17, 15) is 4.79 Å². The maximum absolute atomic E-state index is 11.7. The highest BCUT2D eigenvalue weighted by molar-refractivity contribution is 5.91. The fraction of sp³-hybridized carbons (Fsp3) is 0.167. The van der Waals surface area contributed by atoms with Crippen molar-refractivity contribution >= 4 is 12.0 Å². The van der Waals surface area contributed by atoms with Crippen molar-refractivity contribution in [1.29, 1.82) is 0 Å². The second-order valence-corrected chi connectivity index (χ2v) is 4.94. The van der Waals surface area contributed by atoms with Gasteiger partial charge in [0, 0.05) is 12.6 Å². The van der Waals surface area contributed by atoms with Gasteiger partial charge < -0.3 is 10.4 Å². The number of aliphatic hydroxyl groups excluding tert-OH is 1. The summed E-state index contributed by atoms with van der Waals surface area (Å²) in [4.78, 5) is 11.7. The summed E-state index contributed by atoms with van der Waals surface area (Å²) in [6.07, 6.45) is 3.33. The SMILES string of the molecule is Cc1ccc(/C=C/C(=O)NCc2ccc(CO)cc2)cc1. The Hall–Kier alpha value is -2.39. The quantitative estimate of drug-likeness (QED) is 0.828. The summed E-state index contributed by atoms with van der Waals surface area (Å²) in [6.45, 7) is 2.54. The largest absolute Gasteiger partial charge is 0.392 e. The molecule has 0 unspecified atom stereocenters. The van der Waals surface area contributed by atoms with Crippen molar-refractivity contribution in [3.63, 3.8) is 0 Å². The van der Waals surface area contributed by atoms with Crippen LogP contribution in [0, 0.1) is 6.92 Å². The van der Waals surface area contributed by atoms with Gasteiger partial charge in [0.15, 0.2) is 0 Å². The molecule has 108 valence electrons. The summed E-state index contributed by atoms with van der Waals surface area (Å²) < 4.78 is 0. The Balaban J connectivity index is 1.85. The number of nitrogens with one attached hydrogen (secondary N) is 1. The van der Waals surface area contributed by atoms with Crippen LogP contribution in [0.1, 0.15) is 22.3 Å². The van der Waals surface area contributed by atoms with Crippen LogP contribution in [-0.4, -0.2) is 11.0 Å². The lowest BCUT2D eigenvalue weighted by Gasteiger charge is -2.03. The molecule has 0 heterocycles. The molecule has 2 N–H and O–H groups in total. The van der Waals surface area contributed by atoms with Gasteiger partial charge in [-0.2, -0.15) is 0 Å². The second-order valence-electron chi connectivity index (χ2n) is 4.94. The van der Waals surface area contributed by atoms with E-state index in [1.54, 1.807) is 6.08 Å². The molecule has 1 amide bonds. The zero-order chi connectivity index (χ0) is 15.1. The topological polar surface area (TPSA) is 49.3 Å². The van der Waals surface area contributed by atoms with Gasteiger partial charge in [0.25, 0.3) is 0 Å². The lowest BCUT2D eigenvalue weighted by molar-refractivity contribution is -0.116. The van der Waals surface area contributed by atoms with Crippen molar-refractivity contribution in [1.82, 2.24) is 5.32 Å². The first-order chi connectivity index (χ1) is 10.2. The maximum Gasteiger partial charge on any atom is 0.244 e. The van der Waals surface area contributed by atoms with Crippen molar-refractivity contribution < 1.29 is 9.90 Å². The highest BCUT2D eigenvalue weighted by atomic mass is 16.3. The molecular formula is C18H19NO2. The van der Waals surface area contributed by atoms with E-state index in [-0.39, 0.29) is 12.5 Å². The number of hydrogen-bond acceptors (Lipinski definition) is 2. The number of carbonyl (C=O) groups excluding carboxylic acids is 1. The number of aliphatic hydroxyl groups is 1. The summed E-state index contributed by atoms with van der Waals surface area (Å²) >= 11 is 0. The van der Waals surface area contributed by atoms with Gasteiger partial charge in [-0.05, 0) is 29.7 Å². The van der Waals surface area contributed by atoms with Crippen LogP contribution in [0.25, 0.3) is 6.08 Å². The van der Waals surface area contributed by atoms with Crippen LogP contribution < -0.4 is 5.32 Å². The predicted octanol–water partition coefficient (Wildman–Crippen LogP) is 2.82. The Bertz CT molecular complexity index is 613. The molecule has 2 aromatic rings. The first kappa shape index (κ1) is 15.0. The summed E-state index contributed by atoms with van der Waals surface area (Å²) in [6, 6.07) is 15.5. The third-order valence-corrected chi connectivity index (χ3v) is 3.18. The van der Waals surface area contributed by atoms with E-state index in [0.717, 1.165) is 16.7 Å². The lowest BCUT2D eigenvalue weighted by Crippen LogP contribution is -2.20. The molecular weight excluding hydrogens is 262 g/mol. The number of carbonyl (C=O) groups is 1. The highest BCUT2D eigenvalue weighted by Gasteiger charge is 1.97. The van der Waals surface area contributed by atoms with Crippen LogP contribution in [0.5, 0.6) is 0 Å². The summed E-state index contributed by atoms with van der Waals surface area (Å²) in [5.74, 6) is -0.123. The van der Waals surface area contributed by atoms with Crippen LogP contribution in [0.15, 0.2) is 54.6 Å². The molecule has 0 atom stereocenters. The van der Waals surface area contributed by atoms with Crippen LogP contribution in [0.3, 0.4) is 0 Å². The molecule has 0 spiro atoms. The van der Waals surface area contributed by atoms with E-state index in [1.807, 2.05) is 55.5 Å². The van der Waals surface area contributed by atoms with Crippen molar-refractivity contribution in [2.75, 3.05) is 0 Å². The average molecular weight is 281 g/mol. The van der Waals surface area contributed by atoms with Crippen molar-refractivity contribution in [3.8, 4) is 0 Å². The molecule has 21 heavy (non-hydrogen) atoms. The van der Waals surface area contributed by atoms with Crippen LogP contribution in [-0.2, 0) is 17.9 Å². The summed E-state index contributed by atoms with van der Waals surface area (Å²) in [5.41, 5.74) is 4.07. The Morgan fingerprint density at radius 2 is 1.67 bits per heavy atom. The minimum Gasteiger partial charge on any atom is -0.392 e. The van der Waals surface area contributed by atoms with Crippen LogP contribution >= 0.6 is 0 Å². The molecule has 3 nitrogen and oxygen atoms in total. The molecule has 0 aliphatic heterocycles. The Labute approximate surface area is 124 Å². The third kappa shape index (κ3) is 4.89. The van der Waals surface area contributed by atoms with E-state index in [4.69, 9.17) is 5.11 Å². The number of amides is 1. The van der Waals surface area contributed by atoms with Gasteiger partial charge in [-0.15, -0.1) is 0 Å². The monoisotopic (exact) mass is 281 g/mol. The van der Waals surface area contributed by atoms with Gasteiger partial charge in [-0.3, -0.25) is 4.79 Å². The molecule has 0 saturated carbocycles. The summed E-state index contributed by atoms with van der Waals surface area (Å²) in [7, 11) is 0. The summed E-state index contributed by atoms with van der Waals surface area (Å²) in [5, 5.41) is 11.8. The van der Waals surface area contributed by atoms with E-state index in [1.165, 1.54) is 11.6 Å². The molecule has 0 radical (unpaired) electrons. The Morgan fingerprint density at radius 1 is 1.05 bits per heavy atom. The van der Waals surface area contributed by atoms with Gasteiger partial charge in [0.05, 0.1) is 6.61 Å². The molecule has 0 aromatic heterocycles. The first-order valence-corrected chi connectivity index (χ1v) is 6.88. The van der Waals surface area contributed by atoms with E-state index in [0.29, 0.717) is 6.54 Å². The van der Waals surface area contributed by atoms with Gasteiger partial charge in [-0.25, -0.2) is 0 Å². The van der Waals surface area contributed by atoms with Crippen molar-refractivity contribution in [3.05, 3.63) is 76.9 Å². The number of benzene rings is 2. The lowest BCUT2D eigenvalue weighted by atomic mass is 10.1. The maximum atomic E-state index is 11.7. The Morgan fingerprint density at radius 3 is 2.29 bits per heavy atom. The van der Waals surface area contributed by atoms with Crippen LogP contribution in [0.4, 0.5) is 0 Å². The van der Waals surface area contributed by atoms with E-state index in [2.05, 4.69) is 5.32 Å². The van der Waals surface area contributed by atoms with Gasteiger partial charge in [0.1, 0.15) is 0 Å². The molecule has 2 rings (SSSR count). The predicted molar refractivity (Wildman–Crippen MR) is 84.4 cm³/mol. The third-order valence-electron chi connectivity index (χ3n) is 3.18. The zero-order valence-corrected chi connectivity index (χ0v) is 12.0. The fourth-order valence-electron chi connectivity index (χ4n) is 1.86. The molecule has 0 saturated heterocycles. The molecule has 0 aliphatic rings. The Kier molecular flexibility index (Phi) is 5.29. The minimum atomic E-state index is -0.123. The first-order valence-electron chi connectivity index (χ1n) is 6.88. The van der Waals surface area contributed by atoms with E-state index < -0.39 is 0 Å². The van der Waals surface area contributed by atoms with E-state index >= 15 is 0 Å². The number of aryl methyl sites for hydroxylation is 1. The molecule has 2 aromatic carbocycles. The van der Waals surface area contributed by atoms with Gasteiger partial charge in [-0.1, -0.05) is 54.1 Å². The standard InChI is InChI=1S/C18H19NO2/c1-14-2-4-15(5-3-14)10-11-18(21)19-12-16-6-8-17(13-20)9-7-16/h2-11,20H,12-13H2,1H3,(H,19,21)/b11-10+. The molecule has 3 heteroatoms. The number of rotatable bonds is 5. The molecule has 0 aliphatic carbocycles. The van der Waals surface area contributed by atoms with Crippen molar-refractivity contribution in [2.45, 2.75) is 20.1 Å². The fourth-order valence-corrected chi connectivity index (χ4v) is 1.86. The van der Waals surface area contributed by atoms with Crippen molar-refractivity contribution in [2.24, 2.45) is 0 Å². The average Bonchev–Trinajstić information content (AvgIpc) is 2.53.